The van der Waals surface area contributed by atoms with Crippen LogP contribution < -0.4 is 0 Å². The van der Waals surface area contributed by atoms with E-state index in [1.54, 1.807) is 28.5 Å². The van der Waals surface area contributed by atoms with E-state index in [0.717, 1.165) is 5.56 Å². The van der Waals surface area contributed by atoms with E-state index in [0.29, 0.717) is 19.6 Å². The van der Waals surface area contributed by atoms with Crippen molar-refractivity contribution in [1.82, 2.24) is 14.7 Å². The van der Waals surface area contributed by atoms with Crippen LogP contribution in [0.1, 0.15) is 33.3 Å². The molecule has 0 saturated carbocycles. The minimum atomic E-state index is -0.879. The third-order valence-corrected chi connectivity index (χ3v) is 9.98. The van der Waals surface area contributed by atoms with Gasteiger partial charge < -0.3 is 19.8 Å². The molecule has 4 heterocycles. The van der Waals surface area contributed by atoms with Crippen molar-refractivity contribution in [1.29, 1.82) is 0 Å². The molecule has 1 aromatic rings. The van der Waals surface area contributed by atoms with Crippen molar-refractivity contribution < 1.29 is 19.5 Å². The molecule has 4 aliphatic heterocycles. The van der Waals surface area contributed by atoms with Gasteiger partial charge >= 0.3 is 0 Å². The van der Waals surface area contributed by atoms with Gasteiger partial charge in [0.15, 0.2) is 0 Å². The first-order valence-electron chi connectivity index (χ1n) is 12.8. The lowest BCUT2D eigenvalue weighted by molar-refractivity contribution is -0.147. The summed E-state index contributed by atoms with van der Waals surface area (Å²) in [5.74, 6) is -1.69. The number of likely N-dealkylation sites (tertiary alicyclic amines) is 1. The number of benzene rings is 1. The number of nitrogens with zero attached hydrogens (tertiary/aromatic N) is 3. The summed E-state index contributed by atoms with van der Waals surface area (Å²) in [7, 11) is 0. The first-order valence-corrected chi connectivity index (χ1v) is 13.6. The zero-order chi connectivity index (χ0) is 25.8. The molecule has 2 saturated heterocycles. The maximum absolute atomic E-state index is 14.2. The van der Waals surface area contributed by atoms with Crippen molar-refractivity contribution in [2.75, 3.05) is 19.7 Å². The Morgan fingerprint density at radius 3 is 2.33 bits per heavy atom. The lowest BCUT2D eigenvalue weighted by Gasteiger charge is -2.39. The molecule has 2 fully saturated rings. The van der Waals surface area contributed by atoms with Gasteiger partial charge in [-0.3, -0.25) is 14.4 Å². The maximum atomic E-state index is 14.2. The highest BCUT2D eigenvalue weighted by molar-refractivity contribution is 8.02. The number of aliphatic hydroxyl groups excluding tert-OH is 1. The molecule has 6 atom stereocenters. The van der Waals surface area contributed by atoms with Gasteiger partial charge in [-0.15, -0.1) is 11.8 Å². The smallest absolute Gasteiger partial charge is 0.247 e. The number of aliphatic hydroxyl groups is 1. The van der Waals surface area contributed by atoms with Gasteiger partial charge in [0.05, 0.1) is 29.2 Å². The Kier molecular flexibility index (Phi) is 6.32. The molecule has 1 unspecified atom stereocenters. The van der Waals surface area contributed by atoms with E-state index in [-0.39, 0.29) is 30.4 Å². The summed E-state index contributed by atoms with van der Waals surface area (Å²) in [5, 5.41) is 10.1. The number of hydrogen-bond donors (Lipinski definition) is 1. The number of rotatable bonds is 5. The van der Waals surface area contributed by atoms with Crippen LogP contribution in [0.15, 0.2) is 54.6 Å². The number of amides is 3. The summed E-state index contributed by atoms with van der Waals surface area (Å²) in [6, 6.07) is 8.54. The number of hydrogen-bond acceptors (Lipinski definition) is 5. The third-order valence-electron chi connectivity index (χ3n) is 8.19. The maximum Gasteiger partial charge on any atom is 0.247 e. The lowest BCUT2D eigenvalue weighted by Crippen LogP contribution is -2.57. The van der Waals surface area contributed by atoms with Crippen LogP contribution in [0.25, 0.3) is 0 Å². The molecule has 36 heavy (non-hydrogen) atoms. The van der Waals surface area contributed by atoms with Crippen molar-refractivity contribution >= 4 is 29.5 Å². The van der Waals surface area contributed by atoms with Gasteiger partial charge in [0.25, 0.3) is 0 Å². The van der Waals surface area contributed by atoms with Gasteiger partial charge in [-0.05, 0) is 33.3 Å². The molecule has 192 valence electrons. The molecule has 4 aliphatic rings. The lowest BCUT2D eigenvalue weighted by atomic mass is 9.74. The van der Waals surface area contributed by atoms with Crippen LogP contribution in [0.2, 0.25) is 0 Å². The number of carbonyl (C=O) groups is 3. The molecule has 0 bridgehead atoms. The highest BCUT2D eigenvalue weighted by Gasteiger charge is 2.74. The van der Waals surface area contributed by atoms with Gasteiger partial charge in [0.1, 0.15) is 6.04 Å². The Labute approximate surface area is 217 Å². The van der Waals surface area contributed by atoms with Crippen molar-refractivity contribution in [3.63, 3.8) is 0 Å². The predicted octanol–water partition coefficient (Wildman–Crippen LogP) is 2.46. The largest absolute Gasteiger partial charge is 0.394 e. The minimum Gasteiger partial charge on any atom is -0.394 e. The molecule has 1 spiro atoms. The van der Waals surface area contributed by atoms with Crippen LogP contribution in [0.3, 0.4) is 0 Å². The fraction of sp³-hybridized carbons (Fsp3) is 0.536. The van der Waals surface area contributed by atoms with Gasteiger partial charge in [0, 0.05) is 30.4 Å². The fourth-order valence-corrected chi connectivity index (χ4v) is 8.65. The Balaban J connectivity index is 1.61. The van der Waals surface area contributed by atoms with E-state index in [4.69, 9.17) is 0 Å². The quantitative estimate of drug-likeness (QED) is 0.617. The van der Waals surface area contributed by atoms with E-state index in [1.165, 1.54) is 0 Å². The van der Waals surface area contributed by atoms with E-state index in [1.807, 2.05) is 74.2 Å². The van der Waals surface area contributed by atoms with Crippen LogP contribution in [0, 0.1) is 11.8 Å². The van der Waals surface area contributed by atoms with Gasteiger partial charge in [0.2, 0.25) is 17.7 Å². The second-order valence-electron chi connectivity index (χ2n) is 10.9. The van der Waals surface area contributed by atoms with Crippen molar-refractivity contribution in [3.8, 4) is 0 Å². The summed E-state index contributed by atoms with van der Waals surface area (Å²) in [5.41, 5.74) is 1.03. The standard InChI is InChI=1S/C28H35N3O4S/c1-18(2)30-15-9-13-28-22(25(34)31(19(3)17-32)23(28)26(30)35)21-24(33)29(14-8-12-27(21,4)36-28)16-20-10-6-5-7-11-20/h5-13,18-19,21-23,32H,14-17H2,1-4H3/t19-,21-,22+,23?,27+,28+/m1/s1. The van der Waals surface area contributed by atoms with Crippen LogP contribution in [-0.4, -0.2) is 84.8 Å². The van der Waals surface area contributed by atoms with E-state index in [9.17, 15) is 19.5 Å². The molecule has 8 heteroatoms. The molecule has 1 N–H and O–H groups in total. The molecule has 1 aromatic carbocycles. The first-order chi connectivity index (χ1) is 17.1. The average Bonchev–Trinajstić information content (AvgIpc) is 3.13. The molecule has 3 amide bonds. The Morgan fingerprint density at radius 1 is 0.972 bits per heavy atom. The van der Waals surface area contributed by atoms with Gasteiger partial charge in [-0.2, -0.15) is 0 Å². The topological polar surface area (TPSA) is 81.2 Å². The second-order valence-corrected chi connectivity index (χ2v) is 12.7. The second kappa shape index (κ2) is 9.06. The zero-order valence-corrected chi connectivity index (χ0v) is 22.1. The molecule has 0 aromatic heterocycles. The summed E-state index contributed by atoms with van der Waals surface area (Å²) in [6.07, 6.45) is 8.12. The van der Waals surface area contributed by atoms with Crippen molar-refractivity contribution in [2.45, 2.75) is 61.9 Å². The van der Waals surface area contributed by atoms with Crippen molar-refractivity contribution in [3.05, 3.63) is 60.2 Å². The highest BCUT2D eigenvalue weighted by atomic mass is 32.2. The number of carbonyl (C=O) groups excluding carboxylic acids is 3. The number of fused-ring (bicyclic) bond motifs is 2. The summed E-state index contributed by atoms with van der Waals surface area (Å²) >= 11 is 1.58. The minimum absolute atomic E-state index is 0.0342. The van der Waals surface area contributed by atoms with Crippen LogP contribution >= 0.6 is 11.8 Å². The fourth-order valence-electron chi connectivity index (χ4n) is 6.50. The van der Waals surface area contributed by atoms with Crippen molar-refractivity contribution in [2.24, 2.45) is 11.8 Å². The van der Waals surface area contributed by atoms with Crippen LogP contribution in [-0.2, 0) is 20.9 Å². The molecule has 0 aliphatic carbocycles. The normalized spacial score (nSPS) is 34.6. The zero-order valence-electron chi connectivity index (χ0n) is 21.3. The molecule has 0 radical (unpaired) electrons. The average molecular weight is 510 g/mol. The van der Waals surface area contributed by atoms with Crippen LogP contribution in [0.5, 0.6) is 0 Å². The van der Waals surface area contributed by atoms with Gasteiger partial charge in [-0.1, -0.05) is 54.6 Å². The SMILES string of the molecule is CC(C)N1CC=C[C@]23S[C@@]4(C)C=CCN(Cc5ccccc5)C(=O)[C@H]4[C@H]2C(=O)N([C@H](C)CO)C3C1=O. The van der Waals surface area contributed by atoms with E-state index < -0.39 is 33.4 Å². The summed E-state index contributed by atoms with van der Waals surface area (Å²) in [4.78, 5) is 47.6. The molecular formula is C28H35N3O4S. The Bertz CT molecular complexity index is 1120. The van der Waals surface area contributed by atoms with Gasteiger partial charge in [-0.25, -0.2) is 0 Å². The van der Waals surface area contributed by atoms with E-state index >= 15 is 0 Å². The first kappa shape index (κ1) is 25.1. The highest BCUT2D eigenvalue weighted by Crippen LogP contribution is 2.65. The molecular weight excluding hydrogens is 474 g/mol. The van der Waals surface area contributed by atoms with Crippen LogP contribution in [0.4, 0.5) is 0 Å². The molecule has 5 rings (SSSR count). The van der Waals surface area contributed by atoms with E-state index in [2.05, 4.69) is 6.08 Å². The summed E-state index contributed by atoms with van der Waals surface area (Å²) < 4.78 is -1.51. The Morgan fingerprint density at radius 2 is 1.67 bits per heavy atom. The monoisotopic (exact) mass is 509 g/mol. The number of thioether (sulfide) groups is 1. The third kappa shape index (κ3) is 3.64. The Hall–Kier alpha value is -2.58. The summed E-state index contributed by atoms with van der Waals surface area (Å²) in [6.45, 7) is 8.90. The predicted molar refractivity (Wildman–Crippen MR) is 140 cm³/mol. The molecule has 7 nitrogen and oxygen atoms in total.